The molecule has 1 aliphatic rings. The van der Waals surface area contributed by atoms with Crippen LogP contribution in [0.4, 0.5) is 5.69 Å². The highest BCUT2D eigenvalue weighted by molar-refractivity contribution is 7.80. The first-order valence-corrected chi connectivity index (χ1v) is 8.60. The van der Waals surface area contributed by atoms with Crippen molar-refractivity contribution < 1.29 is 9.53 Å². The van der Waals surface area contributed by atoms with Gasteiger partial charge in [-0.3, -0.25) is 9.69 Å². The van der Waals surface area contributed by atoms with Gasteiger partial charge >= 0.3 is 0 Å². The van der Waals surface area contributed by atoms with Gasteiger partial charge in [-0.2, -0.15) is 0 Å². The molecular weight excluding hydrogens is 324 g/mol. The quantitative estimate of drug-likeness (QED) is 0.591. The van der Waals surface area contributed by atoms with Crippen LogP contribution in [-0.4, -0.2) is 73.8 Å². The molecule has 0 unspecified atom stereocenters. The van der Waals surface area contributed by atoms with E-state index in [-0.39, 0.29) is 5.91 Å². The number of hydrogen-bond acceptors (Lipinski definition) is 4. The number of hydrogen-bond donors (Lipinski definition) is 2. The van der Waals surface area contributed by atoms with Crippen molar-refractivity contribution in [2.24, 2.45) is 0 Å². The summed E-state index contributed by atoms with van der Waals surface area (Å²) in [4.78, 5) is 16.1. The van der Waals surface area contributed by atoms with E-state index in [1.165, 1.54) is 5.56 Å². The highest BCUT2D eigenvalue weighted by Crippen LogP contribution is 2.11. The molecule has 1 amide bonds. The minimum absolute atomic E-state index is 0.0426. The maximum Gasteiger partial charge on any atom is 0.234 e. The number of benzene rings is 1. The van der Waals surface area contributed by atoms with Gasteiger partial charge in [0.05, 0.1) is 13.2 Å². The van der Waals surface area contributed by atoms with Crippen molar-refractivity contribution in [1.82, 2.24) is 15.1 Å². The Bertz CT molecular complexity index is 559. The molecule has 0 radical (unpaired) electrons. The smallest absolute Gasteiger partial charge is 0.234 e. The van der Waals surface area contributed by atoms with Gasteiger partial charge in [-0.15, -0.1) is 0 Å². The maximum atomic E-state index is 11.8. The lowest BCUT2D eigenvalue weighted by Crippen LogP contribution is -2.52. The van der Waals surface area contributed by atoms with Crippen molar-refractivity contribution in [2.75, 3.05) is 58.3 Å². The number of aryl methyl sites for hydroxylation is 1. The van der Waals surface area contributed by atoms with Crippen LogP contribution in [0.3, 0.4) is 0 Å². The predicted molar refractivity (Wildman–Crippen MR) is 100 cm³/mol. The largest absolute Gasteiger partial charge is 0.383 e. The summed E-state index contributed by atoms with van der Waals surface area (Å²) in [5, 5.41) is 6.87. The Balaban J connectivity index is 1.72. The number of piperazine rings is 1. The summed E-state index contributed by atoms with van der Waals surface area (Å²) in [6, 6.07) is 8.16. The molecule has 1 heterocycles. The SMILES string of the molecule is COCCNC(=O)CN1CCN(C(=S)Nc2cccc(C)c2)CC1. The van der Waals surface area contributed by atoms with Crippen LogP contribution in [-0.2, 0) is 9.53 Å². The third-order valence-corrected chi connectivity index (χ3v) is 4.28. The fourth-order valence-electron chi connectivity index (χ4n) is 2.59. The Morgan fingerprint density at radius 2 is 2.04 bits per heavy atom. The number of anilines is 1. The topological polar surface area (TPSA) is 56.8 Å². The number of methoxy groups -OCH3 is 1. The molecule has 1 aromatic rings. The summed E-state index contributed by atoms with van der Waals surface area (Å²) < 4.78 is 4.92. The molecule has 2 rings (SSSR count). The maximum absolute atomic E-state index is 11.8. The minimum atomic E-state index is 0.0426. The first-order chi connectivity index (χ1) is 11.6. The first kappa shape index (κ1) is 18.6. The number of rotatable bonds is 6. The van der Waals surface area contributed by atoms with Crippen LogP contribution in [0.25, 0.3) is 0 Å². The second-order valence-electron chi connectivity index (χ2n) is 5.91. The summed E-state index contributed by atoms with van der Waals surface area (Å²) in [7, 11) is 1.62. The fourth-order valence-corrected chi connectivity index (χ4v) is 2.89. The Kier molecular flexibility index (Phi) is 7.42. The van der Waals surface area contributed by atoms with Crippen LogP contribution < -0.4 is 10.6 Å². The summed E-state index contributed by atoms with van der Waals surface area (Å²) >= 11 is 5.50. The number of ether oxygens (including phenoxy) is 1. The van der Waals surface area contributed by atoms with Gasteiger partial charge in [-0.25, -0.2) is 0 Å². The third-order valence-electron chi connectivity index (χ3n) is 3.92. The van der Waals surface area contributed by atoms with Crippen molar-refractivity contribution in [2.45, 2.75) is 6.92 Å². The molecule has 7 heteroatoms. The highest BCUT2D eigenvalue weighted by atomic mass is 32.1. The minimum Gasteiger partial charge on any atom is -0.383 e. The molecule has 0 aromatic heterocycles. The molecule has 0 aliphatic carbocycles. The molecule has 2 N–H and O–H groups in total. The zero-order valence-corrected chi connectivity index (χ0v) is 15.2. The van der Waals surface area contributed by atoms with E-state index in [4.69, 9.17) is 17.0 Å². The Morgan fingerprint density at radius 3 is 2.71 bits per heavy atom. The number of amides is 1. The molecule has 0 saturated carbocycles. The molecule has 1 aliphatic heterocycles. The monoisotopic (exact) mass is 350 g/mol. The van der Waals surface area contributed by atoms with Gasteiger partial charge in [-0.1, -0.05) is 12.1 Å². The standard InChI is InChI=1S/C17H26N4O2S/c1-14-4-3-5-15(12-14)19-17(24)21-9-7-20(8-10-21)13-16(22)18-6-11-23-2/h3-5,12H,6-11,13H2,1-2H3,(H,18,22)(H,19,24). The molecule has 1 saturated heterocycles. The summed E-state index contributed by atoms with van der Waals surface area (Å²) in [6.07, 6.45) is 0. The molecule has 6 nitrogen and oxygen atoms in total. The van der Waals surface area contributed by atoms with Gasteiger partial charge in [0.15, 0.2) is 5.11 Å². The van der Waals surface area contributed by atoms with E-state index in [2.05, 4.69) is 39.5 Å². The Hall–Kier alpha value is -1.70. The van der Waals surface area contributed by atoms with Crippen molar-refractivity contribution in [3.05, 3.63) is 29.8 Å². The van der Waals surface area contributed by atoms with E-state index in [1.807, 2.05) is 12.1 Å². The van der Waals surface area contributed by atoms with Gasteiger partial charge in [0.1, 0.15) is 0 Å². The highest BCUT2D eigenvalue weighted by Gasteiger charge is 2.20. The second kappa shape index (κ2) is 9.56. The Labute approximate surface area is 149 Å². The zero-order chi connectivity index (χ0) is 17.4. The lowest BCUT2D eigenvalue weighted by atomic mass is 10.2. The van der Waals surface area contributed by atoms with Crippen LogP contribution in [0.15, 0.2) is 24.3 Å². The van der Waals surface area contributed by atoms with E-state index in [0.29, 0.717) is 19.7 Å². The summed E-state index contributed by atoms with van der Waals surface area (Å²) in [5.41, 5.74) is 2.21. The molecule has 0 spiro atoms. The molecule has 1 aromatic carbocycles. The van der Waals surface area contributed by atoms with E-state index < -0.39 is 0 Å². The average Bonchev–Trinajstić information content (AvgIpc) is 2.55. The van der Waals surface area contributed by atoms with Gasteiger partial charge in [0.2, 0.25) is 5.91 Å². The van der Waals surface area contributed by atoms with Crippen LogP contribution in [0.2, 0.25) is 0 Å². The lowest BCUT2D eigenvalue weighted by Gasteiger charge is -2.35. The number of nitrogens with zero attached hydrogens (tertiary/aromatic N) is 2. The van der Waals surface area contributed by atoms with E-state index in [0.717, 1.165) is 37.0 Å². The zero-order valence-electron chi connectivity index (χ0n) is 14.4. The van der Waals surface area contributed by atoms with Crippen LogP contribution in [0.5, 0.6) is 0 Å². The van der Waals surface area contributed by atoms with Gasteiger partial charge in [-0.05, 0) is 36.8 Å². The van der Waals surface area contributed by atoms with Crippen molar-refractivity contribution in [3.63, 3.8) is 0 Å². The molecule has 24 heavy (non-hydrogen) atoms. The molecule has 1 fully saturated rings. The van der Waals surface area contributed by atoms with E-state index in [9.17, 15) is 4.79 Å². The van der Waals surface area contributed by atoms with Crippen LogP contribution in [0, 0.1) is 6.92 Å². The predicted octanol–water partition coefficient (Wildman–Crippen LogP) is 1.07. The Morgan fingerprint density at radius 1 is 1.29 bits per heavy atom. The number of carbonyl (C=O) groups excluding carboxylic acids is 1. The number of thiocarbonyl (C=S) groups is 1. The van der Waals surface area contributed by atoms with Crippen molar-refractivity contribution >= 4 is 28.9 Å². The number of carbonyl (C=O) groups is 1. The molecule has 0 atom stereocenters. The summed E-state index contributed by atoms with van der Waals surface area (Å²) in [5.74, 6) is 0.0426. The molecular formula is C17H26N4O2S. The molecule has 0 bridgehead atoms. The number of nitrogens with one attached hydrogen (secondary N) is 2. The second-order valence-corrected chi connectivity index (χ2v) is 6.29. The van der Waals surface area contributed by atoms with E-state index >= 15 is 0 Å². The third kappa shape index (κ3) is 6.07. The summed E-state index contributed by atoms with van der Waals surface area (Å²) in [6.45, 7) is 6.88. The normalized spacial score (nSPS) is 15.2. The van der Waals surface area contributed by atoms with E-state index in [1.54, 1.807) is 7.11 Å². The van der Waals surface area contributed by atoms with Gasteiger partial charge < -0.3 is 20.3 Å². The average molecular weight is 350 g/mol. The van der Waals surface area contributed by atoms with Crippen LogP contribution >= 0.6 is 12.2 Å². The van der Waals surface area contributed by atoms with Crippen molar-refractivity contribution in [1.29, 1.82) is 0 Å². The van der Waals surface area contributed by atoms with Gasteiger partial charge in [0.25, 0.3) is 0 Å². The van der Waals surface area contributed by atoms with Crippen molar-refractivity contribution in [3.8, 4) is 0 Å². The fraction of sp³-hybridized carbons (Fsp3) is 0.529. The van der Waals surface area contributed by atoms with Crippen LogP contribution in [0.1, 0.15) is 5.56 Å². The lowest BCUT2D eigenvalue weighted by molar-refractivity contribution is -0.122. The molecule has 132 valence electrons. The first-order valence-electron chi connectivity index (χ1n) is 8.19. The van der Waals surface area contributed by atoms with Gasteiger partial charge in [0, 0.05) is 45.5 Å².